The maximum Gasteiger partial charge on any atom is 0.303 e. The summed E-state index contributed by atoms with van der Waals surface area (Å²) in [5.41, 5.74) is 0. The van der Waals surface area contributed by atoms with Crippen LogP contribution in [0.15, 0.2) is 0 Å². The Bertz CT molecular complexity index is 122. The van der Waals surface area contributed by atoms with Gasteiger partial charge in [-0.1, -0.05) is 0 Å². The quantitative estimate of drug-likeness (QED) is 0.577. The molecule has 0 saturated heterocycles. The van der Waals surface area contributed by atoms with Gasteiger partial charge in [0.2, 0.25) is 0 Å². The Morgan fingerprint density at radius 1 is 1.00 bits per heavy atom. The molecule has 0 aliphatic carbocycles. The van der Waals surface area contributed by atoms with Gasteiger partial charge in [0, 0.05) is 15.7 Å². The Morgan fingerprint density at radius 3 is 1.50 bits per heavy atom. The highest BCUT2D eigenvalue weighted by Gasteiger charge is 1.99. The molecule has 10 heavy (non-hydrogen) atoms. The van der Waals surface area contributed by atoms with Gasteiger partial charge in [-0.2, -0.15) is 0 Å². The van der Waals surface area contributed by atoms with E-state index in [9.17, 15) is 9.59 Å². The average Bonchev–Trinajstić information content (AvgIpc) is 1.79. The van der Waals surface area contributed by atoms with Gasteiger partial charge in [0.1, 0.15) is 0 Å². The predicted octanol–water partition coefficient (Wildman–Crippen LogP) is 1.21. The van der Waals surface area contributed by atoms with Gasteiger partial charge in [-0.05, 0) is 12.8 Å². The second kappa shape index (κ2) is 4.78. The smallest absolute Gasteiger partial charge is 0.303 e. The number of carboxylic acids is 2. The van der Waals surface area contributed by atoms with Gasteiger partial charge in [-0.25, -0.2) is 0 Å². The van der Waals surface area contributed by atoms with Crippen LogP contribution in [-0.2, 0) is 9.59 Å². The Balaban J connectivity index is -0.000000405. The monoisotopic (exact) mass is 150 g/mol. The highest BCUT2D eigenvalue weighted by atomic mass is 16.4. The molecule has 4 nitrogen and oxygen atoms in total. The molecule has 0 atom stereocenters. The van der Waals surface area contributed by atoms with Crippen molar-refractivity contribution >= 4 is 11.9 Å². The fourth-order valence-corrected chi connectivity index (χ4v) is 0.552. The van der Waals surface area contributed by atoms with Crippen LogP contribution in [-0.4, -0.2) is 22.2 Å². The standard InChI is InChI=1S/C6H10O4.2H2/c7-5(8)3-1-2-4-6(9)10;;/h1-4H2,(H,7,8)(H,9,10);2*1H. The molecule has 4 heteroatoms. The van der Waals surface area contributed by atoms with Gasteiger partial charge in [-0.15, -0.1) is 0 Å². The SMILES string of the molecule is O=C(O)CCCCC(=O)O.[HH].[HH]. The summed E-state index contributed by atoms with van der Waals surface area (Å²) in [6.07, 6.45) is 1.02. The number of aliphatic carboxylic acids is 2. The first-order valence-electron chi connectivity index (χ1n) is 3.06. The highest BCUT2D eigenvalue weighted by Crippen LogP contribution is 1.98. The molecule has 2 N–H and O–H groups in total. The highest BCUT2D eigenvalue weighted by molar-refractivity contribution is 5.67. The average molecular weight is 150 g/mol. The molecule has 0 aliphatic rings. The third-order valence-electron chi connectivity index (χ3n) is 1.03. The number of hydrogen-bond acceptors (Lipinski definition) is 2. The van der Waals surface area contributed by atoms with Gasteiger partial charge < -0.3 is 10.2 Å². The zero-order chi connectivity index (χ0) is 7.98. The van der Waals surface area contributed by atoms with E-state index >= 15 is 0 Å². The minimum atomic E-state index is -0.870. The lowest BCUT2D eigenvalue weighted by Crippen LogP contribution is -1.97. The minimum Gasteiger partial charge on any atom is -0.481 e. The lowest BCUT2D eigenvalue weighted by atomic mass is 10.2. The van der Waals surface area contributed by atoms with Crippen LogP contribution in [0.25, 0.3) is 0 Å². The first-order valence-corrected chi connectivity index (χ1v) is 3.06. The summed E-state index contributed by atoms with van der Waals surface area (Å²) in [6, 6.07) is 0. The first-order chi connectivity index (χ1) is 4.63. The van der Waals surface area contributed by atoms with Crippen LogP contribution in [0.1, 0.15) is 28.5 Å². The van der Waals surface area contributed by atoms with E-state index in [-0.39, 0.29) is 15.7 Å². The van der Waals surface area contributed by atoms with E-state index in [1.807, 2.05) is 0 Å². The maximum atomic E-state index is 9.90. The zero-order valence-electron chi connectivity index (χ0n) is 5.54. The summed E-state index contributed by atoms with van der Waals surface area (Å²) in [5.74, 6) is -1.74. The van der Waals surface area contributed by atoms with Crippen molar-refractivity contribution < 1.29 is 22.7 Å². The number of hydrogen-bond donors (Lipinski definition) is 2. The van der Waals surface area contributed by atoms with Crippen molar-refractivity contribution in [3.63, 3.8) is 0 Å². The van der Waals surface area contributed by atoms with Gasteiger partial charge in [0.05, 0.1) is 0 Å². The lowest BCUT2D eigenvalue weighted by molar-refractivity contribution is -0.139. The molecule has 0 fully saturated rings. The molecule has 0 rings (SSSR count). The third kappa shape index (κ3) is 6.94. The fraction of sp³-hybridized carbons (Fsp3) is 0.667. The van der Waals surface area contributed by atoms with Crippen molar-refractivity contribution in [3.05, 3.63) is 0 Å². The second-order valence-corrected chi connectivity index (χ2v) is 1.99. The van der Waals surface area contributed by atoms with Crippen LogP contribution in [0.5, 0.6) is 0 Å². The number of rotatable bonds is 5. The summed E-state index contributed by atoms with van der Waals surface area (Å²) < 4.78 is 0. The normalized spacial score (nSPS) is 9.20. The Kier molecular flexibility index (Phi) is 4.28. The molecular formula is C6H14O4. The van der Waals surface area contributed by atoms with Crippen LogP contribution in [0.3, 0.4) is 0 Å². The summed E-state index contributed by atoms with van der Waals surface area (Å²) in [5, 5.41) is 16.3. The van der Waals surface area contributed by atoms with Gasteiger partial charge >= 0.3 is 11.9 Å². The van der Waals surface area contributed by atoms with Crippen LogP contribution in [0.4, 0.5) is 0 Å². The molecular weight excluding hydrogens is 136 g/mol. The zero-order valence-corrected chi connectivity index (χ0v) is 5.54. The Labute approximate surface area is 61.4 Å². The van der Waals surface area contributed by atoms with Crippen LogP contribution in [0, 0.1) is 0 Å². The summed E-state index contributed by atoms with van der Waals surface area (Å²) in [7, 11) is 0. The fourth-order valence-electron chi connectivity index (χ4n) is 0.552. The lowest BCUT2D eigenvalue weighted by Gasteiger charge is -1.92. The van der Waals surface area contributed by atoms with Crippen molar-refractivity contribution in [2.75, 3.05) is 0 Å². The van der Waals surface area contributed by atoms with Crippen molar-refractivity contribution in [3.8, 4) is 0 Å². The van der Waals surface area contributed by atoms with E-state index < -0.39 is 11.9 Å². The van der Waals surface area contributed by atoms with Gasteiger partial charge in [0.25, 0.3) is 0 Å². The summed E-state index contributed by atoms with van der Waals surface area (Å²) in [4.78, 5) is 19.8. The molecule has 0 aromatic heterocycles. The first kappa shape index (κ1) is 8.94. The van der Waals surface area contributed by atoms with Crippen molar-refractivity contribution in [1.82, 2.24) is 0 Å². The number of carbonyl (C=O) groups is 2. The van der Waals surface area contributed by atoms with Crippen LogP contribution >= 0.6 is 0 Å². The molecule has 0 saturated carbocycles. The molecule has 0 aliphatic heterocycles. The Hall–Kier alpha value is -1.06. The number of carboxylic acid groups (broad SMARTS) is 2. The molecule has 0 spiro atoms. The van der Waals surface area contributed by atoms with E-state index in [1.165, 1.54) is 0 Å². The number of unbranched alkanes of at least 4 members (excludes halogenated alkanes) is 1. The van der Waals surface area contributed by atoms with E-state index in [2.05, 4.69) is 0 Å². The van der Waals surface area contributed by atoms with E-state index in [1.54, 1.807) is 0 Å². The second-order valence-electron chi connectivity index (χ2n) is 1.99. The maximum absolute atomic E-state index is 9.90. The minimum absolute atomic E-state index is 0. The molecule has 62 valence electrons. The largest absolute Gasteiger partial charge is 0.481 e. The van der Waals surface area contributed by atoms with Crippen molar-refractivity contribution in [2.45, 2.75) is 25.7 Å². The van der Waals surface area contributed by atoms with Gasteiger partial charge in [-0.3, -0.25) is 9.59 Å². The summed E-state index contributed by atoms with van der Waals surface area (Å²) in [6.45, 7) is 0. The molecule has 0 amide bonds. The van der Waals surface area contributed by atoms with Crippen molar-refractivity contribution in [2.24, 2.45) is 0 Å². The molecule has 0 aromatic rings. The third-order valence-corrected chi connectivity index (χ3v) is 1.03. The van der Waals surface area contributed by atoms with E-state index in [4.69, 9.17) is 10.2 Å². The van der Waals surface area contributed by atoms with Crippen LogP contribution in [0.2, 0.25) is 0 Å². The molecule has 0 aromatic carbocycles. The molecule has 0 unspecified atom stereocenters. The summed E-state index contributed by atoms with van der Waals surface area (Å²) >= 11 is 0. The molecule has 0 heterocycles. The predicted molar refractivity (Wildman–Crippen MR) is 38.0 cm³/mol. The van der Waals surface area contributed by atoms with Gasteiger partial charge in [0.15, 0.2) is 0 Å². The van der Waals surface area contributed by atoms with Crippen LogP contribution < -0.4 is 0 Å². The topological polar surface area (TPSA) is 74.6 Å². The molecule has 0 radical (unpaired) electrons. The Morgan fingerprint density at radius 2 is 1.30 bits per heavy atom. The van der Waals surface area contributed by atoms with Crippen molar-refractivity contribution in [1.29, 1.82) is 0 Å². The van der Waals surface area contributed by atoms with E-state index in [0.717, 1.165) is 0 Å². The molecule has 0 bridgehead atoms. The van der Waals surface area contributed by atoms with E-state index in [0.29, 0.717) is 12.8 Å².